The second kappa shape index (κ2) is 8.66. The van der Waals surface area contributed by atoms with E-state index in [0.717, 1.165) is 24.4 Å². The number of fused-ring (bicyclic) bond motifs is 1. The van der Waals surface area contributed by atoms with E-state index in [4.69, 9.17) is 4.74 Å². The van der Waals surface area contributed by atoms with Crippen molar-refractivity contribution in [3.63, 3.8) is 0 Å². The van der Waals surface area contributed by atoms with Gasteiger partial charge in [0.05, 0.1) is 18.6 Å². The summed E-state index contributed by atoms with van der Waals surface area (Å²) >= 11 is 0. The van der Waals surface area contributed by atoms with Gasteiger partial charge in [0.25, 0.3) is 0 Å². The third kappa shape index (κ3) is 4.13. The van der Waals surface area contributed by atoms with Crippen LogP contribution in [-0.2, 0) is 4.79 Å². The van der Waals surface area contributed by atoms with E-state index in [0.29, 0.717) is 19.4 Å². The van der Waals surface area contributed by atoms with Crippen molar-refractivity contribution in [2.75, 3.05) is 19.7 Å². The maximum atomic E-state index is 11.4. The smallest absolute Gasteiger partial charge is 0.306 e. The van der Waals surface area contributed by atoms with E-state index in [1.807, 2.05) is 19.1 Å². The van der Waals surface area contributed by atoms with Crippen LogP contribution in [0.1, 0.15) is 36.9 Å². The summed E-state index contributed by atoms with van der Waals surface area (Å²) in [5, 5.41) is 11.8. The molecule has 29 heavy (non-hydrogen) atoms. The summed E-state index contributed by atoms with van der Waals surface area (Å²) in [4.78, 5) is 13.8. The van der Waals surface area contributed by atoms with Gasteiger partial charge in [-0.15, -0.1) is 0 Å². The molecular formula is C25H27NO3. The molecule has 0 spiro atoms. The van der Waals surface area contributed by atoms with E-state index in [1.165, 1.54) is 16.3 Å². The van der Waals surface area contributed by atoms with Gasteiger partial charge in [-0.2, -0.15) is 0 Å². The molecule has 1 aliphatic rings. The van der Waals surface area contributed by atoms with Gasteiger partial charge in [0.15, 0.2) is 0 Å². The molecule has 0 aromatic heterocycles. The third-order valence-corrected chi connectivity index (χ3v) is 5.85. The summed E-state index contributed by atoms with van der Waals surface area (Å²) < 4.78 is 5.96. The van der Waals surface area contributed by atoms with Crippen LogP contribution >= 0.6 is 0 Å². The molecule has 1 fully saturated rings. The first-order valence-corrected chi connectivity index (χ1v) is 10.3. The van der Waals surface area contributed by atoms with Crippen LogP contribution in [-0.4, -0.2) is 35.7 Å². The molecule has 3 aromatic rings. The fraction of sp³-hybridized carbons (Fsp3) is 0.320. The number of rotatable bonds is 6. The lowest BCUT2D eigenvalue weighted by Gasteiger charge is -2.37. The van der Waals surface area contributed by atoms with Crippen LogP contribution in [0.2, 0.25) is 0 Å². The van der Waals surface area contributed by atoms with Crippen LogP contribution in [0, 0.1) is 5.92 Å². The lowest BCUT2D eigenvalue weighted by atomic mass is 9.90. The quantitative estimate of drug-likeness (QED) is 0.635. The number of aliphatic carboxylic acids is 1. The molecular weight excluding hydrogens is 362 g/mol. The Morgan fingerprint density at radius 1 is 1.03 bits per heavy atom. The molecule has 1 aliphatic heterocycles. The van der Waals surface area contributed by atoms with Gasteiger partial charge < -0.3 is 9.84 Å². The highest BCUT2D eigenvalue weighted by Crippen LogP contribution is 2.38. The Balaban J connectivity index is 1.76. The summed E-state index contributed by atoms with van der Waals surface area (Å²) in [6.45, 7) is 4.13. The minimum Gasteiger partial charge on any atom is -0.494 e. The Hall–Kier alpha value is -2.85. The summed E-state index contributed by atoms with van der Waals surface area (Å²) in [6.07, 6.45) is 1.35. The Bertz CT molecular complexity index is 992. The molecule has 1 N–H and O–H groups in total. The molecule has 4 nitrogen and oxygen atoms in total. The zero-order valence-corrected chi connectivity index (χ0v) is 16.8. The topological polar surface area (TPSA) is 49.8 Å². The highest BCUT2D eigenvalue weighted by atomic mass is 16.5. The first-order chi connectivity index (χ1) is 14.2. The number of ether oxygens (including phenoxy) is 1. The number of carboxylic acid groups (broad SMARTS) is 1. The van der Waals surface area contributed by atoms with Crippen LogP contribution in [0.25, 0.3) is 10.8 Å². The summed E-state index contributed by atoms with van der Waals surface area (Å²) in [6, 6.07) is 23.3. The van der Waals surface area contributed by atoms with E-state index in [2.05, 4.69) is 59.5 Å². The number of para-hydroxylation sites is 1. The number of nitrogens with zero attached hydrogens (tertiary/aromatic N) is 1. The van der Waals surface area contributed by atoms with Gasteiger partial charge >= 0.3 is 5.97 Å². The highest BCUT2D eigenvalue weighted by Gasteiger charge is 2.31. The Kier molecular flexibility index (Phi) is 5.81. The lowest BCUT2D eigenvalue weighted by Crippen LogP contribution is -2.39. The van der Waals surface area contributed by atoms with Crippen molar-refractivity contribution < 1.29 is 14.6 Å². The largest absolute Gasteiger partial charge is 0.494 e. The number of carbonyl (C=O) groups is 1. The van der Waals surface area contributed by atoms with Gasteiger partial charge in [0.2, 0.25) is 0 Å². The van der Waals surface area contributed by atoms with Crippen molar-refractivity contribution in [3.8, 4) is 5.75 Å². The summed E-state index contributed by atoms with van der Waals surface area (Å²) in [5.74, 6) is -0.0271. The molecule has 0 radical (unpaired) electrons. The second-order valence-corrected chi connectivity index (χ2v) is 7.63. The zero-order valence-electron chi connectivity index (χ0n) is 16.8. The fourth-order valence-electron chi connectivity index (χ4n) is 4.36. The summed E-state index contributed by atoms with van der Waals surface area (Å²) in [5.41, 5.74) is 2.35. The Labute approximate surface area is 171 Å². The molecule has 0 aliphatic carbocycles. The van der Waals surface area contributed by atoms with Gasteiger partial charge in [-0.05, 0) is 61.3 Å². The van der Waals surface area contributed by atoms with Crippen LogP contribution < -0.4 is 4.74 Å². The molecule has 3 aromatic carbocycles. The van der Waals surface area contributed by atoms with Gasteiger partial charge in [-0.3, -0.25) is 9.69 Å². The molecule has 0 amide bonds. The van der Waals surface area contributed by atoms with Crippen molar-refractivity contribution >= 4 is 16.7 Å². The molecule has 0 bridgehead atoms. The third-order valence-electron chi connectivity index (χ3n) is 5.85. The van der Waals surface area contributed by atoms with Crippen LogP contribution in [0.15, 0.2) is 66.7 Å². The predicted molar refractivity (Wildman–Crippen MR) is 115 cm³/mol. The monoisotopic (exact) mass is 389 g/mol. The first kappa shape index (κ1) is 19.5. The van der Waals surface area contributed by atoms with Gasteiger partial charge in [-0.1, -0.05) is 54.6 Å². The van der Waals surface area contributed by atoms with E-state index in [-0.39, 0.29) is 12.0 Å². The normalized spacial score (nSPS) is 16.6. The first-order valence-electron chi connectivity index (χ1n) is 10.3. The molecule has 1 heterocycles. The molecule has 4 heteroatoms. The predicted octanol–water partition coefficient (Wildman–Crippen LogP) is 5.12. The maximum absolute atomic E-state index is 11.4. The standard InChI is InChI=1S/C25H27NO3/c1-2-29-23-10-6-5-9-22(23)24(26-15-13-19(14-16-26)25(27)28)21-12-11-18-7-3-4-8-20(18)17-21/h3-12,17,19,24H,2,13-16H2,1H3,(H,27,28). The Morgan fingerprint density at radius 3 is 2.45 bits per heavy atom. The highest BCUT2D eigenvalue weighted by molar-refractivity contribution is 5.83. The number of likely N-dealkylation sites (tertiary alicyclic amines) is 1. The minimum atomic E-state index is -0.679. The van der Waals surface area contributed by atoms with Crippen molar-refractivity contribution in [2.45, 2.75) is 25.8 Å². The number of hydrogen-bond donors (Lipinski definition) is 1. The van der Waals surface area contributed by atoms with Crippen LogP contribution in [0.3, 0.4) is 0 Å². The molecule has 1 unspecified atom stereocenters. The SMILES string of the molecule is CCOc1ccccc1C(c1ccc2ccccc2c1)N1CCC(C(=O)O)CC1. The van der Waals surface area contributed by atoms with Crippen molar-refractivity contribution in [2.24, 2.45) is 5.92 Å². The number of hydrogen-bond acceptors (Lipinski definition) is 3. The molecule has 4 rings (SSSR count). The van der Waals surface area contributed by atoms with E-state index >= 15 is 0 Å². The van der Waals surface area contributed by atoms with Crippen molar-refractivity contribution in [3.05, 3.63) is 77.9 Å². The molecule has 150 valence electrons. The molecule has 1 saturated heterocycles. The van der Waals surface area contributed by atoms with Gasteiger partial charge in [0.1, 0.15) is 5.75 Å². The second-order valence-electron chi connectivity index (χ2n) is 7.63. The van der Waals surface area contributed by atoms with Gasteiger partial charge in [0, 0.05) is 5.56 Å². The number of carboxylic acids is 1. The van der Waals surface area contributed by atoms with Crippen molar-refractivity contribution in [1.29, 1.82) is 0 Å². The zero-order chi connectivity index (χ0) is 20.2. The number of benzene rings is 3. The maximum Gasteiger partial charge on any atom is 0.306 e. The minimum absolute atomic E-state index is 0.0390. The average Bonchev–Trinajstić information content (AvgIpc) is 2.75. The van der Waals surface area contributed by atoms with Crippen LogP contribution in [0.5, 0.6) is 5.75 Å². The Morgan fingerprint density at radius 2 is 1.72 bits per heavy atom. The van der Waals surface area contributed by atoms with E-state index < -0.39 is 5.97 Å². The van der Waals surface area contributed by atoms with E-state index in [9.17, 15) is 9.90 Å². The molecule has 0 saturated carbocycles. The van der Waals surface area contributed by atoms with Crippen molar-refractivity contribution in [1.82, 2.24) is 4.90 Å². The fourth-order valence-corrected chi connectivity index (χ4v) is 4.36. The summed E-state index contributed by atoms with van der Waals surface area (Å²) in [7, 11) is 0. The van der Waals surface area contributed by atoms with Crippen LogP contribution in [0.4, 0.5) is 0 Å². The van der Waals surface area contributed by atoms with Gasteiger partial charge in [-0.25, -0.2) is 0 Å². The lowest BCUT2D eigenvalue weighted by molar-refractivity contribution is -0.143. The van der Waals surface area contributed by atoms with E-state index in [1.54, 1.807) is 0 Å². The number of piperidine rings is 1. The molecule has 1 atom stereocenters. The average molecular weight is 389 g/mol.